The first-order valence-electron chi connectivity index (χ1n) is 6.60. The summed E-state index contributed by atoms with van der Waals surface area (Å²) in [5.41, 5.74) is 1.15. The van der Waals surface area contributed by atoms with Crippen LogP contribution in [0, 0.1) is 5.92 Å². The first-order valence-corrected chi connectivity index (χ1v) is 10.0. The van der Waals surface area contributed by atoms with Crippen LogP contribution in [0.4, 0.5) is 0 Å². The Morgan fingerprint density at radius 1 is 1.17 bits per heavy atom. The maximum atomic E-state index is 5.97. The summed E-state index contributed by atoms with van der Waals surface area (Å²) in [5, 5.41) is 0. The van der Waals surface area contributed by atoms with Gasteiger partial charge in [-0.2, -0.15) is 0 Å². The molecular weight excluding hydrogens is 238 g/mol. The Labute approximate surface area is 112 Å². The van der Waals surface area contributed by atoms with Crippen LogP contribution in [0.3, 0.4) is 0 Å². The summed E-state index contributed by atoms with van der Waals surface area (Å²) < 4.78 is 5.97. The molecule has 0 aliphatic carbocycles. The van der Waals surface area contributed by atoms with E-state index in [4.69, 9.17) is 4.43 Å². The lowest BCUT2D eigenvalue weighted by Gasteiger charge is -2.23. The van der Waals surface area contributed by atoms with E-state index in [0.717, 1.165) is 12.2 Å². The number of hydrogen-bond acceptors (Lipinski definition) is 2. The van der Waals surface area contributed by atoms with Crippen LogP contribution in [0.1, 0.15) is 19.4 Å². The zero-order valence-corrected chi connectivity index (χ0v) is 13.2. The fourth-order valence-corrected chi connectivity index (χ4v) is 2.13. The van der Waals surface area contributed by atoms with Gasteiger partial charge in [-0.25, -0.2) is 0 Å². The molecule has 1 atom stereocenters. The number of rotatable bonds is 6. The standard InChI is InChI=1S/C15H25NOSi/c1-13(2)15(12-17-18(3,4)5)16-11-14-9-7-6-8-10-14/h6-11,13,15H,12H2,1-5H3/t15-/m1/s1. The van der Waals surface area contributed by atoms with Gasteiger partial charge in [-0.05, 0) is 31.1 Å². The molecule has 0 saturated heterocycles. The Morgan fingerprint density at radius 3 is 2.28 bits per heavy atom. The van der Waals surface area contributed by atoms with E-state index in [-0.39, 0.29) is 6.04 Å². The van der Waals surface area contributed by atoms with Gasteiger partial charge in [0.15, 0.2) is 8.32 Å². The minimum absolute atomic E-state index is 0.247. The fourth-order valence-electron chi connectivity index (χ4n) is 1.46. The summed E-state index contributed by atoms with van der Waals surface area (Å²) in [6.07, 6.45) is 1.96. The van der Waals surface area contributed by atoms with Crippen molar-refractivity contribution in [1.82, 2.24) is 0 Å². The summed E-state index contributed by atoms with van der Waals surface area (Å²) in [6.45, 7) is 11.8. The third-order valence-electron chi connectivity index (χ3n) is 2.67. The molecule has 1 aromatic rings. The second-order valence-electron chi connectivity index (χ2n) is 5.92. The van der Waals surface area contributed by atoms with Crippen molar-refractivity contribution < 1.29 is 4.43 Å². The maximum absolute atomic E-state index is 5.97. The van der Waals surface area contributed by atoms with Crippen LogP contribution in [-0.2, 0) is 4.43 Å². The average Bonchev–Trinajstić information content (AvgIpc) is 2.28. The largest absolute Gasteiger partial charge is 0.415 e. The van der Waals surface area contributed by atoms with Gasteiger partial charge < -0.3 is 4.43 Å². The number of benzene rings is 1. The van der Waals surface area contributed by atoms with Crippen molar-refractivity contribution in [3.05, 3.63) is 35.9 Å². The minimum atomic E-state index is -1.45. The Bertz CT molecular complexity index is 368. The van der Waals surface area contributed by atoms with E-state index in [1.54, 1.807) is 0 Å². The van der Waals surface area contributed by atoms with Gasteiger partial charge >= 0.3 is 0 Å². The van der Waals surface area contributed by atoms with E-state index in [1.165, 1.54) is 0 Å². The van der Waals surface area contributed by atoms with E-state index in [9.17, 15) is 0 Å². The van der Waals surface area contributed by atoms with Crippen LogP contribution in [0.15, 0.2) is 35.3 Å². The Morgan fingerprint density at radius 2 is 1.78 bits per heavy atom. The zero-order chi connectivity index (χ0) is 13.6. The highest BCUT2D eigenvalue weighted by Crippen LogP contribution is 2.11. The summed E-state index contributed by atoms with van der Waals surface area (Å²) >= 11 is 0. The lowest BCUT2D eigenvalue weighted by atomic mass is 10.1. The van der Waals surface area contributed by atoms with Crippen LogP contribution in [0.5, 0.6) is 0 Å². The lowest BCUT2D eigenvalue weighted by molar-refractivity contribution is 0.255. The van der Waals surface area contributed by atoms with Crippen molar-refractivity contribution in [2.45, 2.75) is 39.5 Å². The van der Waals surface area contributed by atoms with Gasteiger partial charge in [-0.1, -0.05) is 44.2 Å². The van der Waals surface area contributed by atoms with Crippen LogP contribution < -0.4 is 0 Å². The van der Waals surface area contributed by atoms with Gasteiger partial charge in [0.25, 0.3) is 0 Å². The Kier molecular flexibility index (Phi) is 5.76. The lowest BCUT2D eigenvalue weighted by Crippen LogP contribution is -2.31. The SMILES string of the molecule is CC(C)[C@@H](CO[Si](C)(C)C)N=Cc1ccccc1. The minimum Gasteiger partial charge on any atom is -0.415 e. The highest BCUT2D eigenvalue weighted by Gasteiger charge is 2.18. The molecule has 0 aliphatic rings. The molecule has 0 saturated carbocycles. The van der Waals surface area contributed by atoms with Crippen molar-refractivity contribution in [2.24, 2.45) is 10.9 Å². The van der Waals surface area contributed by atoms with Crippen LogP contribution in [-0.4, -0.2) is 27.2 Å². The molecule has 0 aromatic heterocycles. The Hall–Kier alpha value is -0.933. The second kappa shape index (κ2) is 6.85. The van der Waals surface area contributed by atoms with E-state index >= 15 is 0 Å². The number of hydrogen-bond donors (Lipinski definition) is 0. The van der Waals surface area contributed by atoms with Crippen molar-refractivity contribution >= 4 is 14.5 Å². The number of aliphatic imine (C=N–C) groups is 1. The monoisotopic (exact) mass is 263 g/mol. The molecule has 3 heteroatoms. The summed E-state index contributed by atoms with van der Waals surface area (Å²) in [5.74, 6) is 0.501. The molecule has 0 radical (unpaired) electrons. The van der Waals surface area contributed by atoms with Crippen molar-refractivity contribution in [3.8, 4) is 0 Å². The average molecular weight is 263 g/mol. The quantitative estimate of drug-likeness (QED) is 0.562. The highest BCUT2D eigenvalue weighted by molar-refractivity contribution is 6.69. The van der Waals surface area contributed by atoms with E-state index in [2.05, 4.69) is 50.6 Å². The smallest absolute Gasteiger partial charge is 0.183 e. The van der Waals surface area contributed by atoms with Gasteiger partial charge in [0.1, 0.15) is 0 Å². The molecule has 0 spiro atoms. The first-order chi connectivity index (χ1) is 8.38. The van der Waals surface area contributed by atoms with E-state index in [1.807, 2.05) is 24.4 Å². The molecular formula is C15H25NOSi. The topological polar surface area (TPSA) is 21.6 Å². The van der Waals surface area contributed by atoms with Crippen molar-refractivity contribution in [2.75, 3.05) is 6.61 Å². The molecule has 2 nitrogen and oxygen atoms in total. The third kappa shape index (κ3) is 6.12. The van der Waals surface area contributed by atoms with Gasteiger partial charge in [0, 0.05) is 6.21 Å². The third-order valence-corrected chi connectivity index (χ3v) is 3.70. The predicted molar refractivity (Wildman–Crippen MR) is 82.0 cm³/mol. The van der Waals surface area contributed by atoms with Gasteiger partial charge in [0.2, 0.25) is 0 Å². The van der Waals surface area contributed by atoms with E-state index < -0.39 is 8.32 Å². The predicted octanol–water partition coefficient (Wildman–Crippen LogP) is 3.98. The van der Waals surface area contributed by atoms with Crippen LogP contribution >= 0.6 is 0 Å². The maximum Gasteiger partial charge on any atom is 0.183 e. The zero-order valence-electron chi connectivity index (χ0n) is 12.2. The number of nitrogens with zero attached hydrogens (tertiary/aromatic N) is 1. The first kappa shape index (κ1) is 15.1. The van der Waals surface area contributed by atoms with E-state index in [0.29, 0.717) is 5.92 Å². The molecule has 0 unspecified atom stereocenters. The van der Waals surface area contributed by atoms with Crippen molar-refractivity contribution in [1.29, 1.82) is 0 Å². The molecule has 1 aromatic carbocycles. The van der Waals surface area contributed by atoms with Crippen molar-refractivity contribution in [3.63, 3.8) is 0 Å². The second-order valence-corrected chi connectivity index (χ2v) is 10.4. The molecule has 0 aliphatic heterocycles. The summed E-state index contributed by atoms with van der Waals surface area (Å²) in [6, 6.07) is 10.5. The molecule has 100 valence electrons. The molecule has 0 bridgehead atoms. The van der Waals surface area contributed by atoms with Gasteiger partial charge in [0.05, 0.1) is 12.6 Å². The Balaban J connectivity index is 2.61. The molecule has 1 rings (SSSR count). The summed E-state index contributed by atoms with van der Waals surface area (Å²) in [4.78, 5) is 4.67. The molecule has 18 heavy (non-hydrogen) atoms. The molecule has 0 fully saturated rings. The molecule has 0 N–H and O–H groups in total. The van der Waals surface area contributed by atoms with Gasteiger partial charge in [-0.3, -0.25) is 4.99 Å². The molecule has 0 heterocycles. The molecule has 0 amide bonds. The normalized spacial score (nSPS) is 14.3. The van der Waals surface area contributed by atoms with Crippen LogP contribution in [0.25, 0.3) is 0 Å². The highest BCUT2D eigenvalue weighted by atomic mass is 28.4. The fraction of sp³-hybridized carbons (Fsp3) is 0.533. The summed E-state index contributed by atoms with van der Waals surface area (Å²) in [7, 11) is -1.45. The van der Waals surface area contributed by atoms with Crippen LogP contribution in [0.2, 0.25) is 19.6 Å². The van der Waals surface area contributed by atoms with Gasteiger partial charge in [-0.15, -0.1) is 0 Å².